The van der Waals surface area contributed by atoms with E-state index in [0.717, 1.165) is 17.3 Å². The van der Waals surface area contributed by atoms with Crippen molar-refractivity contribution in [3.05, 3.63) is 85.4 Å². The van der Waals surface area contributed by atoms with Crippen molar-refractivity contribution < 1.29 is 9.66 Å². The molecule has 9 heteroatoms. The summed E-state index contributed by atoms with van der Waals surface area (Å²) in [5.74, 6) is 0.679. The largest absolute Gasteiger partial charge is 0.483 e. The van der Waals surface area contributed by atoms with Gasteiger partial charge < -0.3 is 4.74 Å². The Morgan fingerprint density at radius 3 is 2.84 bits per heavy atom. The fraction of sp³-hybridized carbons (Fsp3) is 0.227. The highest BCUT2D eigenvalue weighted by Crippen LogP contribution is 2.27. The van der Waals surface area contributed by atoms with Crippen LogP contribution in [0.5, 0.6) is 5.75 Å². The standard InChI is InChI=1S/C22H21BrN4O4/c1-3-5-6-21-25-18-9-8-16(23)13-17(18)22(28)26(21)24-14-15-7-10-20(31-11-4-2)19(12-15)27(29)30/h4,7-10,12-14H,2-3,5-6,11H2,1H3. The van der Waals surface area contributed by atoms with Crippen molar-refractivity contribution >= 4 is 38.7 Å². The molecule has 0 fully saturated rings. The van der Waals surface area contributed by atoms with Gasteiger partial charge in [0.15, 0.2) is 5.75 Å². The molecule has 160 valence electrons. The van der Waals surface area contributed by atoms with Crippen LogP contribution in [0, 0.1) is 10.1 Å². The molecule has 2 aromatic carbocycles. The number of hydrogen-bond donors (Lipinski definition) is 0. The van der Waals surface area contributed by atoms with Crippen LogP contribution in [0.2, 0.25) is 0 Å². The third kappa shape index (κ3) is 5.24. The van der Waals surface area contributed by atoms with E-state index in [-0.39, 0.29) is 23.6 Å². The second kappa shape index (κ2) is 10.1. The molecule has 0 unspecified atom stereocenters. The number of nitro groups is 1. The third-order valence-corrected chi connectivity index (χ3v) is 4.98. The number of fused-ring (bicyclic) bond motifs is 1. The molecule has 3 aromatic rings. The molecule has 8 nitrogen and oxygen atoms in total. The Morgan fingerprint density at radius 2 is 2.13 bits per heavy atom. The number of nitrogens with zero attached hydrogens (tertiary/aromatic N) is 4. The second-order valence-corrected chi connectivity index (χ2v) is 7.65. The summed E-state index contributed by atoms with van der Waals surface area (Å²) in [7, 11) is 0. The zero-order valence-electron chi connectivity index (χ0n) is 17.0. The molecule has 0 saturated carbocycles. The van der Waals surface area contributed by atoms with Gasteiger partial charge in [0, 0.05) is 22.5 Å². The van der Waals surface area contributed by atoms with Crippen molar-refractivity contribution in [2.24, 2.45) is 5.10 Å². The summed E-state index contributed by atoms with van der Waals surface area (Å²) in [4.78, 5) is 28.6. The van der Waals surface area contributed by atoms with Gasteiger partial charge in [-0.3, -0.25) is 14.9 Å². The van der Waals surface area contributed by atoms with E-state index < -0.39 is 4.92 Å². The lowest BCUT2D eigenvalue weighted by atomic mass is 10.2. The van der Waals surface area contributed by atoms with Crippen LogP contribution in [-0.4, -0.2) is 27.4 Å². The van der Waals surface area contributed by atoms with Crippen LogP contribution in [0.1, 0.15) is 31.2 Å². The highest BCUT2D eigenvalue weighted by atomic mass is 79.9. The predicted molar refractivity (Wildman–Crippen MR) is 124 cm³/mol. The number of aryl methyl sites for hydroxylation is 1. The Morgan fingerprint density at radius 1 is 1.32 bits per heavy atom. The molecule has 0 aliphatic carbocycles. The van der Waals surface area contributed by atoms with E-state index in [9.17, 15) is 14.9 Å². The van der Waals surface area contributed by atoms with Crippen LogP contribution >= 0.6 is 15.9 Å². The summed E-state index contributed by atoms with van der Waals surface area (Å²) in [5.41, 5.74) is 0.574. The fourth-order valence-electron chi connectivity index (χ4n) is 2.96. The molecular formula is C22H21BrN4O4. The van der Waals surface area contributed by atoms with E-state index in [4.69, 9.17) is 4.74 Å². The molecule has 0 aliphatic heterocycles. The average molecular weight is 485 g/mol. The molecule has 0 amide bonds. The Balaban J connectivity index is 2.06. The number of rotatable bonds is 9. The fourth-order valence-corrected chi connectivity index (χ4v) is 3.32. The lowest BCUT2D eigenvalue weighted by Crippen LogP contribution is -2.22. The molecule has 0 N–H and O–H groups in total. The lowest BCUT2D eigenvalue weighted by molar-refractivity contribution is -0.385. The smallest absolute Gasteiger partial charge is 0.311 e. The van der Waals surface area contributed by atoms with E-state index in [2.05, 4.69) is 39.5 Å². The van der Waals surface area contributed by atoms with Gasteiger partial charge in [-0.1, -0.05) is 41.9 Å². The van der Waals surface area contributed by atoms with Crippen LogP contribution in [0.15, 0.2) is 63.4 Å². The van der Waals surface area contributed by atoms with Crippen LogP contribution in [0.25, 0.3) is 10.9 Å². The van der Waals surface area contributed by atoms with Gasteiger partial charge in [0.1, 0.15) is 12.4 Å². The highest BCUT2D eigenvalue weighted by Gasteiger charge is 2.16. The Kier molecular flexibility index (Phi) is 7.30. The molecule has 1 aromatic heterocycles. The molecule has 3 rings (SSSR count). The van der Waals surface area contributed by atoms with Gasteiger partial charge in [-0.2, -0.15) is 9.78 Å². The van der Waals surface area contributed by atoms with Crippen molar-refractivity contribution in [2.45, 2.75) is 26.2 Å². The molecule has 1 heterocycles. The van der Waals surface area contributed by atoms with Gasteiger partial charge in [-0.05, 0) is 36.8 Å². The predicted octanol–water partition coefficient (Wildman–Crippen LogP) is 4.86. The first kappa shape index (κ1) is 22.4. The molecule has 0 saturated heterocycles. The summed E-state index contributed by atoms with van der Waals surface area (Å²) in [5, 5.41) is 16.2. The third-order valence-electron chi connectivity index (χ3n) is 4.49. The van der Waals surface area contributed by atoms with Crippen LogP contribution in [-0.2, 0) is 6.42 Å². The first-order valence-electron chi connectivity index (χ1n) is 9.72. The summed E-state index contributed by atoms with van der Waals surface area (Å²) < 4.78 is 7.36. The second-order valence-electron chi connectivity index (χ2n) is 6.74. The zero-order chi connectivity index (χ0) is 22.4. The maximum absolute atomic E-state index is 13.1. The van der Waals surface area contributed by atoms with E-state index in [1.165, 1.54) is 29.1 Å². The number of ether oxygens (including phenoxy) is 1. The Bertz CT molecular complexity index is 1220. The maximum atomic E-state index is 13.1. The van der Waals surface area contributed by atoms with Crippen LogP contribution in [0.4, 0.5) is 5.69 Å². The van der Waals surface area contributed by atoms with Crippen LogP contribution < -0.4 is 10.3 Å². The molecule has 0 aliphatic rings. The summed E-state index contributed by atoms with van der Waals surface area (Å²) in [6.07, 6.45) is 5.30. The van der Waals surface area contributed by atoms with E-state index in [1.54, 1.807) is 18.2 Å². The average Bonchev–Trinajstić information content (AvgIpc) is 2.76. The number of benzene rings is 2. The van der Waals surface area contributed by atoms with Crippen molar-refractivity contribution in [1.29, 1.82) is 0 Å². The van der Waals surface area contributed by atoms with Crippen molar-refractivity contribution in [2.75, 3.05) is 6.61 Å². The number of nitro benzene ring substituents is 1. The molecular weight excluding hydrogens is 464 g/mol. The van der Waals surface area contributed by atoms with E-state index in [0.29, 0.717) is 28.7 Å². The van der Waals surface area contributed by atoms with Gasteiger partial charge >= 0.3 is 5.69 Å². The first-order valence-corrected chi connectivity index (χ1v) is 10.5. The van der Waals surface area contributed by atoms with Gasteiger partial charge in [0.25, 0.3) is 5.56 Å². The number of aromatic nitrogens is 2. The van der Waals surface area contributed by atoms with Crippen LogP contribution in [0.3, 0.4) is 0 Å². The minimum Gasteiger partial charge on any atom is -0.483 e. The van der Waals surface area contributed by atoms with Gasteiger partial charge in [-0.25, -0.2) is 4.98 Å². The monoisotopic (exact) mass is 484 g/mol. The minimum absolute atomic E-state index is 0.139. The topological polar surface area (TPSA) is 99.6 Å². The minimum atomic E-state index is -0.524. The Hall–Kier alpha value is -3.33. The molecule has 31 heavy (non-hydrogen) atoms. The number of hydrogen-bond acceptors (Lipinski definition) is 6. The quantitative estimate of drug-likeness (QED) is 0.187. The van der Waals surface area contributed by atoms with Crippen molar-refractivity contribution in [3.8, 4) is 5.75 Å². The first-order chi connectivity index (χ1) is 14.9. The van der Waals surface area contributed by atoms with Crippen molar-refractivity contribution in [3.63, 3.8) is 0 Å². The van der Waals surface area contributed by atoms with Gasteiger partial charge in [0.05, 0.1) is 22.0 Å². The lowest BCUT2D eigenvalue weighted by Gasteiger charge is -2.09. The maximum Gasteiger partial charge on any atom is 0.311 e. The highest BCUT2D eigenvalue weighted by molar-refractivity contribution is 9.10. The molecule has 0 bridgehead atoms. The van der Waals surface area contributed by atoms with Gasteiger partial charge in [-0.15, -0.1) is 0 Å². The SMILES string of the molecule is C=CCOc1ccc(C=Nn2c(CCCC)nc3ccc(Br)cc3c2=O)cc1[N+](=O)[O-]. The van der Waals surface area contributed by atoms with Crippen molar-refractivity contribution in [1.82, 2.24) is 9.66 Å². The van der Waals surface area contributed by atoms with E-state index in [1.807, 2.05) is 6.07 Å². The van der Waals surface area contributed by atoms with Gasteiger partial charge in [0.2, 0.25) is 0 Å². The summed E-state index contributed by atoms with van der Waals surface area (Å²) in [6.45, 7) is 5.75. The molecule has 0 atom stereocenters. The zero-order valence-corrected chi connectivity index (χ0v) is 18.5. The molecule has 0 spiro atoms. The number of halogens is 1. The Labute approximate surface area is 187 Å². The summed E-state index contributed by atoms with van der Waals surface area (Å²) in [6, 6.07) is 9.81. The van der Waals surface area contributed by atoms with E-state index >= 15 is 0 Å². The number of unbranched alkanes of at least 4 members (excludes halogenated alkanes) is 1. The normalized spacial score (nSPS) is 11.2. The molecule has 0 radical (unpaired) electrons. The summed E-state index contributed by atoms with van der Waals surface area (Å²) >= 11 is 3.38.